The zero-order valence-electron chi connectivity index (χ0n) is 9.79. The van der Waals surface area contributed by atoms with Gasteiger partial charge in [-0.05, 0) is 32.9 Å². The van der Waals surface area contributed by atoms with E-state index in [9.17, 15) is 0 Å². The molecule has 0 saturated carbocycles. The number of pyridine rings is 1. The maximum atomic E-state index is 5.59. The van der Waals surface area contributed by atoms with E-state index in [-0.39, 0.29) is 6.10 Å². The summed E-state index contributed by atoms with van der Waals surface area (Å²) in [6.45, 7) is 8.03. The van der Waals surface area contributed by atoms with Gasteiger partial charge in [0.05, 0.1) is 11.8 Å². The first-order valence-electron chi connectivity index (χ1n) is 5.54. The van der Waals surface area contributed by atoms with Gasteiger partial charge < -0.3 is 10.1 Å². The lowest BCUT2D eigenvalue weighted by molar-refractivity contribution is 0.242. The van der Waals surface area contributed by atoms with Gasteiger partial charge in [-0.25, -0.2) is 0 Å². The Kier molecular flexibility index (Phi) is 5.12. The van der Waals surface area contributed by atoms with Gasteiger partial charge in [-0.3, -0.25) is 4.98 Å². The van der Waals surface area contributed by atoms with Crippen LogP contribution in [0.1, 0.15) is 32.9 Å². The summed E-state index contributed by atoms with van der Waals surface area (Å²) in [5, 5.41) is 3.31. The summed E-state index contributed by atoms with van der Waals surface area (Å²) in [6, 6.07) is 3.88. The molecule has 0 amide bonds. The van der Waals surface area contributed by atoms with E-state index >= 15 is 0 Å². The highest BCUT2D eigenvalue weighted by Crippen LogP contribution is 2.12. The zero-order valence-corrected chi connectivity index (χ0v) is 9.79. The van der Waals surface area contributed by atoms with Gasteiger partial charge in [0.2, 0.25) is 0 Å². The molecule has 1 aromatic heterocycles. The van der Waals surface area contributed by atoms with Crippen LogP contribution in [0.4, 0.5) is 0 Å². The monoisotopic (exact) mass is 208 g/mol. The second-order valence-electron chi connectivity index (χ2n) is 3.83. The van der Waals surface area contributed by atoms with E-state index < -0.39 is 0 Å². The van der Waals surface area contributed by atoms with E-state index in [0.717, 1.165) is 31.0 Å². The SMILES string of the molecule is CCCNCc1cc(OC(C)C)ccn1. The quantitative estimate of drug-likeness (QED) is 0.729. The number of ether oxygens (including phenoxy) is 1. The van der Waals surface area contributed by atoms with Crippen molar-refractivity contribution < 1.29 is 4.74 Å². The van der Waals surface area contributed by atoms with Crippen molar-refractivity contribution in [3.63, 3.8) is 0 Å². The average molecular weight is 208 g/mol. The maximum absolute atomic E-state index is 5.59. The maximum Gasteiger partial charge on any atom is 0.123 e. The third-order valence-electron chi connectivity index (χ3n) is 1.89. The summed E-state index contributed by atoms with van der Waals surface area (Å²) in [5.41, 5.74) is 1.03. The first kappa shape index (κ1) is 12.0. The van der Waals surface area contributed by atoms with E-state index in [1.165, 1.54) is 0 Å². The molecule has 0 atom stereocenters. The van der Waals surface area contributed by atoms with Gasteiger partial charge in [0.25, 0.3) is 0 Å². The van der Waals surface area contributed by atoms with Crippen LogP contribution < -0.4 is 10.1 Å². The minimum absolute atomic E-state index is 0.212. The van der Waals surface area contributed by atoms with Crippen LogP contribution in [0.5, 0.6) is 5.75 Å². The number of nitrogens with zero attached hydrogens (tertiary/aromatic N) is 1. The highest BCUT2D eigenvalue weighted by atomic mass is 16.5. The Balaban J connectivity index is 2.50. The molecule has 3 nitrogen and oxygen atoms in total. The molecule has 0 aliphatic rings. The summed E-state index contributed by atoms with van der Waals surface area (Å²) >= 11 is 0. The number of hydrogen-bond donors (Lipinski definition) is 1. The fraction of sp³-hybridized carbons (Fsp3) is 0.583. The van der Waals surface area contributed by atoms with Gasteiger partial charge in [0.15, 0.2) is 0 Å². The predicted molar refractivity (Wildman–Crippen MR) is 62.0 cm³/mol. The third-order valence-corrected chi connectivity index (χ3v) is 1.89. The normalized spacial score (nSPS) is 10.7. The molecular weight excluding hydrogens is 188 g/mol. The fourth-order valence-electron chi connectivity index (χ4n) is 1.29. The molecule has 0 aliphatic carbocycles. The van der Waals surface area contributed by atoms with Crippen LogP contribution in [-0.4, -0.2) is 17.6 Å². The first-order chi connectivity index (χ1) is 7.22. The summed E-state index contributed by atoms with van der Waals surface area (Å²) in [4.78, 5) is 4.28. The molecule has 0 saturated heterocycles. The second kappa shape index (κ2) is 6.40. The topological polar surface area (TPSA) is 34.1 Å². The van der Waals surface area contributed by atoms with Gasteiger partial charge in [0, 0.05) is 18.8 Å². The van der Waals surface area contributed by atoms with Crippen molar-refractivity contribution in [3.05, 3.63) is 24.0 Å². The highest BCUT2D eigenvalue weighted by molar-refractivity contribution is 5.22. The molecule has 0 fully saturated rings. The van der Waals surface area contributed by atoms with Gasteiger partial charge in [-0.15, -0.1) is 0 Å². The zero-order chi connectivity index (χ0) is 11.1. The van der Waals surface area contributed by atoms with E-state index in [2.05, 4.69) is 17.2 Å². The molecule has 3 heteroatoms. The summed E-state index contributed by atoms with van der Waals surface area (Å²) in [7, 11) is 0. The molecule has 0 spiro atoms. The lowest BCUT2D eigenvalue weighted by Crippen LogP contribution is -2.15. The largest absolute Gasteiger partial charge is 0.491 e. The Morgan fingerprint density at radius 2 is 2.27 bits per heavy atom. The second-order valence-corrected chi connectivity index (χ2v) is 3.83. The fourth-order valence-corrected chi connectivity index (χ4v) is 1.29. The molecule has 0 radical (unpaired) electrons. The molecule has 84 valence electrons. The molecule has 1 heterocycles. The molecule has 0 aromatic carbocycles. The molecule has 1 N–H and O–H groups in total. The van der Waals surface area contributed by atoms with Crippen LogP contribution in [0, 0.1) is 0 Å². The van der Waals surface area contributed by atoms with E-state index in [4.69, 9.17) is 4.74 Å². The van der Waals surface area contributed by atoms with Crippen molar-refractivity contribution in [1.82, 2.24) is 10.3 Å². The Hall–Kier alpha value is -1.09. The number of aromatic nitrogens is 1. The molecule has 0 aliphatic heterocycles. The van der Waals surface area contributed by atoms with Gasteiger partial charge >= 0.3 is 0 Å². The van der Waals surface area contributed by atoms with Crippen molar-refractivity contribution in [3.8, 4) is 5.75 Å². The van der Waals surface area contributed by atoms with Crippen molar-refractivity contribution >= 4 is 0 Å². The van der Waals surface area contributed by atoms with Crippen LogP contribution in [0.2, 0.25) is 0 Å². The molecule has 0 unspecified atom stereocenters. The van der Waals surface area contributed by atoms with E-state index in [0.29, 0.717) is 0 Å². The van der Waals surface area contributed by atoms with Gasteiger partial charge in [-0.2, -0.15) is 0 Å². The molecule has 1 rings (SSSR count). The van der Waals surface area contributed by atoms with Crippen molar-refractivity contribution in [2.75, 3.05) is 6.54 Å². The van der Waals surface area contributed by atoms with E-state index in [1.807, 2.05) is 26.0 Å². The van der Waals surface area contributed by atoms with Crippen molar-refractivity contribution in [2.24, 2.45) is 0 Å². The van der Waals surface area contributed by atoms with Crippen LogP contribution >= 0.6 is 0 Å². The number of hydrogen-bond acceptors (Lipinski definition) is 3. The smallest absolute Gasteiger partial charge is 0.123 e. The molecular formula is C12H20N2O. The lowest BCUT2D eigenvalue weighted by Gasteiger charge is -2.10. The molecule has 15 heavy (non-hydrogen) atoms. The first-order valence-corrected chi connectivity index (χ1v) is 5.54. The van der Waals surface area contributed by atoms with Crippen molar-refractivity contribution in [2.45, 2.75) is 39.8 Å². The van der Waals surface area contributed by atoms with E-state index in [1.54, 1.807) is 6.20 Å². The standard InChI is InChI=1S/C12H20N2O/c1-4-6-13-9-11-8-12(5-7-14-11)15-10(2)3/h5,7-8,10,13H,4,6,9H2,1-3H3. The Morgan fingerprint density at radius 1 is 1.47 bits per heavy atom. The highest BCUT2D eigenvalue weighted by Gasteiger charge is 1.99. The Bertz CT molecular complexity index is 287. The van der Waals surface area contributed by atoms with Crippen LogP contribution in [0.3, 0.4) is 0 Å². The summed E-state index contributed by atoms with van der Waals surface area (Å²) in [6.07, 6.45) is 3.15. The predicted octanol–water partition coefficient (Wildman–Crippen LogP) is 2.37. The molecule has 1 aromatic rings. The number of nitrogens with one attached hydrogen (secondary N) is 1. The van der Waals surface area contributed by atoms with Crippen LogP contribution in [-0.2, 0) is 6.54 Å². The Morgan fingerprint density at radius 3 is 2.93 bits per heavy atom. The Labute approximate surface area is 91.9 Å². The molecule has 0 bridgehead atoms. The van der Waals surface area contributed by atoms with Crippen LogP contribution in [0.15, 0.2) is 18.3 Å². The van der Waals surface area contributed by atoms with Gasteiger partial charge in [0.1, 0.15) is 5.75 Å². The average Bonchev–Trinajstić information content (AvgIpc) is 2.18. The minimum atomic E-state index is 0.212. The lowest BCUT2D eigenvalue weighted by atomic mass is 10.3. The summed E-state index contributed by atoms with van der Waals surface area (Å²) in [5.74, 6) is 0.897. The van der Waals surface area contributed by atoms with Crippen molar-refractivity contribution in [1.29, 1.82) is 0 Å². The third kappa shape index (κ3) is 4.79. The van der Waals surface area contributed by atoms with Crippen LogP contribution in [0.25, 0.3) is 0 Å². The number of rotatable bonds is 6. The minimum Gasteiger partial charge on any atom is -0.491 e. The van der Waals surface area contributed by atoms with Gasteiger partial charge in [-0.1, -0.05) is 6.92 Å². The summed E-state index contributed by atoms with van der Waals surface area (Å²) < 4.78 is 5.59.